The highest BCUT2D eigenvalue weighted by atomic mass is 35.5. The fraction of sp³-hybridized carbons (Fsp3) is 0.417. The normalized spacial score (nSPS) is 18.5. The average molecular weight is 439 g/mol. The summed E-state index contributed by atoms with van der Waals surface area (Å²) in [6, 6.07) is 8.90. The van der Waals surface area contributed by atoms with Crippen LogP contribution >= 0.6 is 11.6 Å². The van der Waals surface area contributed by atoms with Crippen molar-refractivity contribution in [1.29, 1.82) is 0 Å². The number of benzene rings is 1. The van der Waals surface area contributed by atoms with Gasteiger partial charge >= 0.3 is 0 Å². The van der Waals surface area contributed by atoms with Crippen LogP contribution in [0.2, 0.25) is 5.02 Å². The molecule has 0 aliphatic carbocycles. The van der Waals surface area contributed by atoms with Gasteiger partial charge in [0.05, 0.1) is 23.0 Å². The summed E-state index contributed by atoms with van der Waals surface area (Å²) in [5.74, 6) is 0.662. The smallest absolute Gasteiger partial charge is 0.159 e. The average Bonchev–Trinajstić information content (AvgIpc) is 3.18. The van der Waals surface area contributed by atoms with E-state index >= 15 is 0 Å². The fourth-order valence-corrected chi connectivity index (χ4v) is 4.54. The Kier molecular flexibility index (Phi) is 6.32. The molecule has 4 rings (SSSR count). The van der Waals surface area contributed by atoms with Gasteiger partial charge in [0.15, 0.2) is 5.82 Å². The maximum atomic E-state index is 6.44. The van der Waals surface area contributed by atoms with E-state index in [1.165, 1.54) is 11.1 Å². The molecule has 2 aromatic rings. The molecule has 0 radical (unpaired) electrons. The number of piperazine rings is 1. The number of nitrogens with one attached hydrogen (secondary N) is 1. The number of halogens is 1. The first-order valence-electron chi connectivity index (χ1n) is 10.8. The second-order valence-corrected chi connectivity index (χ2v) is 8.77. The summed E-state index contributed by atoms with van der Waals surface area (Å²) in [6.07, 6.45) is 0. The second kappa shape index (κ2) is 8.99. The zero-order valence-corrected chi connectivity index (χ0v) is 19.3. The summed E-state index contributed by atoms with van der Waals surface area (Å²) in [6.45, 7) is 16.0. The zero-order chi connectivity index (χ0) is 22.1. The molecule has 0 bridgehead atoms. The molecular formula is C24H31ClN6. The van der Waals surface area contributed by atoms with Crippen LogP contribution in [-0.2, 0) is 0 Å². The largest absolute Gasteiger partial charge is 0.400 e. The van der Waals surface area contributed by atoms with E-state index in [0.29, 0.717) is 30.0 Å². The molecule has 164 valence electrons. The number of nitrogens with zero attached hydrogens (tertiary/aromatic N) is 4. The molecule has 0 amide bonds. The maximum absolute atomic E-state index is 6.44. The predicted molar refractivity (Wildman–Crippen MR) is 128 cm³/mol. The Hall–Kier alpha value is -2.41. The van der Waals surface area contributed by atoms with Gasteiger partial charge in [-0.3, -0.25) is 4.90 Å². The highest BCUT2D eigenvalue weighted by molar-refractivity contribution is 6.31. The quantitative estimate of drug-likeness (QED) is 0.745. The van der Waals surface area contributed by atoms with E-state index < -0.39 is 0 Å². The zero-order valence-electron chi connectivity index (χ0n) is 18.6. The molecule has 0 saturated carbocycles. The lowest BCUT2D eigenvalue weighted by molar-refractivity contribution is 0.185. The van der Waals surface area contributed by atoms with Crippen molar-refractivity contribution in [2.24, 2.45) is 5.73 Å². The van der Waals surface area contributed by atoms with E-state index in [1.807, 2.05) is 13.8 Å². The molecule has 1 unspecified atom stereocenters. The van der Waals surface area contributed by atoms with Gasteiger partial charge in [-0.1, -0.05) is 42.4 Å². The van der Waals surface area contributed by atoms with Crippen LogP contribution in [0.4, 0.5) is 0 Å². The van der Waals surface area contributed by atoms with E-state index in [9.17, 15) is 0 Å². The minimum atomic E-state index is 0.326. The summed E-state index contributed by atoms with van der Waals surface area (Å²) in [5.41, 5.74) is 13.2. The van der Waals surface area contributed by atoms with Gasteiger partial charge < -0.3 is 16.0 Å². The van der Waals surface area contributed by atoms with Crippen molar-refractivity contribution >= 4 is 22.9 Å². The summed E-state index contributed by atoms with van der Waals surface area (Å²) in [7, 11) is 0. The molecule has 1 saturated heterocycles. The first kappa shape index (κ1) is 21.8. The van der Waals surface area contributed by atoms with Crippen molar-refractivity contribution in [3.05, 3.63) is 69.9 Å². The molecule has 31 heavy (non-hydrogen) atoms. The molecule has 2 aliphatic heterocycles. The Morgan fingerprint density at radius 3 is 2.45 bits per heavy atom. The predicted octanol–water partition coefficient (Wildman–Crippen LogP) is 3.37. The van der Waals surface area contributed by atoms with Gasteiger partial charge in [0.25, 0.3) is 0 Å². The van der Waals surface area contributed by atoms with Crippen LogP contribution in [0.15, 0.2) is 36.5 Å². The Labute approximate surface area is 189 Å². The molecule has 3 N–H and O–H groups in total. The van der Waals surface area contributed by atoms with Crippen LogP contribution in [-0.4, -0.2) is 59.0 Å². The minimum absolute atomic E-state index is 0.326. The topological polar surface area (TPSA) is 70.3 Å². The van der Waals surface area contributed by atoms with Crippen molar-refractivity contribution in [3.63, 3.8) is 0 Å². The van der Waals surface area contributed by atoms with Gasteiger partial charge in [0.2, 0.25) is 0 Å². The summed E-state index contributed by atoms with van der Waals surface area (Å²) < 4.78 is 0. The van der Waals surface area contributed by atoms with E-state index in [-0.39, 0.29) is 0 Å². The molecule has 0 spiro atoms. The van der Waals surface area contributed by atoms with Gasteiger partial charge in [0.1, 0.15) is 0 Å². The SMILES string of the molecule is C=C(c1ccccc1C(C)N1CCNCC1)N1CC(N)=C(c2nc(C)c(Cl)c(C)n2)C1. The Morgan fingerprint density at radius 1 is 1.13 bits per heavy atom. The van der Waals surface area contributed by atoms with E-state index in [0.717, 1.165) is 54.5 Å². The van der Waals surface area contributed by atoms with Crippen molar-refractivity contribution in [3.8, 4) is 0 Å². The number of rotatable bonds is 5. The first-order valence-corrected chi connectivity index (χ1v) is 11.2. The first-order chi connectivity index (χ1) is 14.9. The molecule has 6 nitrogen and oxygen atoms in total. The Morgan fingerprint density at radius 2 is 1.77 bits per heavy atom. The Balaban J connectivity index is 1.57. The number of aromatic nitrogens is 2. The van der Waals surface area contributed by atoms with Gasteiger partial charge in [-0.2, -0.15) is 0 Å². The fourth-order valence-electron chi connectivity index (χ4n) is 4.45. The molecule has 1 aromatic carbocycles. The molecule has 1 atom stereocenters. The van der Waals surface area contributed by atoms with E-state index in [4.69, 9.17) is 17.3 Å². The maximum Gasteiger partial charge on any atom is 0.159 e. The minimum Gasteiger partial charge on any atom is -0.400 e. The molecule has 7 heteroatoms. The van der Waals surface area contributed by atoms with Gasteiger partial charge in [-0.15, -0.1) is 0 Å². The van der Waals surface area contributed by atoms with Gasteiger partial charge in [0, 0.05) is 61.3 Å². The summed E-state index contributed by atoms with van der Waals surface area (Å²) in [5, 5.41) is 4.04. The number of hydrogen-bond acceptors (Lipinski definition) is 6. The summed E-state index contributed by atoms with van der Waals surface area (Å²) in [4.78, 5) is 13.9. The van der Waals surface area contributed by atoms with Crippen LogP contribution in [0.5, 0.6) is 0 Å². The standard InChI is InChI=1S/C24H31ClN6/c1-15-23(25)16(2)29-24(28-15)21-13-31(14-22(21)26)18(4)20-8-6-5-7-19(20)17(3)30-11-9-27-10-12-30/h5-8,17,27H,4,9-14,26H2,1-3H3. The lowest BCUT2D eigenvalue weighted by atomic mass is 9.97. The van der Waals surface area contributed by atoms with Crippen LogP contribution in [0.1, 0.15) is 41.3 Å². The molecule has 1 fully saturated rings. The number of aryl methyl sites for hydroxylation is 2. The van der Waals surface area contributed by atoms with Crippen molar-refractivity contribution in [2.75, 3.05) is 39.3 Å². The molecule has 1 aromatic heterocycles. The van der Waals surface area contributed by atoms with Gasteiger partial charge in [-0.25, -0.2) is 9.97 Å². The molecule has 3 heterocycles. The van der Waals surface area contributed by atoms with Crippen molar-refractivity contribution in [2.45, 2.75) is 26.8 Å². The lowest BCUT2D eigenvalue weighted by Crippen LogP contribution is -2.44. The Bertz CT molecular complexity index is 1000. The molecule has 2 aliphatic rings. The van der Waals surface area contributed by atoms with Crippen molar-refractivity contribution in [1.82, 2.24) is 25.1 Å². The monoisotopic (exact) mass is 438 g/mol. The third kappa shape index (κ3) is 4.33. The second-order valence-electron chi connectivity index (χ2n) is 8.39. The number of hydrogen-bond donors (Lipinski definition) is 2. The number of nitrogens with two attached hydrogens (primary N) is 1. The van der Waals surface area contributed by atoms with E-state index in [2.05, 4.69) is 62.9 Å². The van der Waals surface area contributed by atoms with Crippen LogP contribution < -0.4 is 11.1 Å². The van der Waals surface area contributed by atoms with Crippen LogP contribution in [0, 0.1) is 13.8 Å². The third-order valence-corrected chi connectivity index (χ3v) is 6.90. The summed E-state index contributed by atoms with van der Waals surface area (Å²) >= 11 is 6.26. The van der Waals surface area contributed by atoms with Crippen LogP contribution in [0.25, 0.3) is 11.3 Å². The van der Waals surface area contributed by atoms with E-state index in [1.54, 1.807) is 0 Å². The van der Waals surface area contributed by atoms with Crippen LogP contribution in [0.3, 0.4) is 0 Å². The van der Waals surface area contributed by atoms with Crippen molar-refractivity contribution < 1.29 is 0 Å². The third-order valence-electron chi connectivity index (χ3n) is 6.35. The highest BCUT2D eigenvalue weighted by Gasteiger charge is 2.28. The van der Waals surface area contributed by atoms with Gasteiger partial charge in [-0.05, 0) is 26.3 Å². The highest BCUT2D eigenvalue weighted by Crippen LogP contribution is 2.34. The lowest BCUT2D eigenvalue weighted by Gasteiger charge is -2.35. The molecular weight excluding hydrogens is 408 g/mol.